The first kappa shape index (κ1) is 7.05. The van der Waals surface area contributed by atoms with Crippen molar-refractivity contribution in [2.45, 2.75) is 19.4 Å². The quantitative estimate of drug-likeness (QED) is 0.232. The molecule has 3 nitrogen and oxygen atoms in total. The molecule has 0 unspecified atom stereocenters. The van der Waals surface area contributed by atoms with Gasteiger partial charge in [-0.1, -0.05) is 18.1 Å². The van der Waals surface area contributed by atoms with Crippen molar-refractivity contribution in [2.75, 3.05) is 0 Å². The average Bonchev–Trinajstić information content (AvgIpc) is 1.68. The normalized spacial score (nSPS) is 11.6. The summed E-state index contributed by atoms with van der Waals surface area (Å²) in [5, 5.41) is 3.42. The largest absolute Gasteiger partial charge is 0.103 e. The highest BCUT2D eigenvalue weighted by atomic mass is 15.1. The number of nitrogens with zero attached hydrogens (tertiary/aromatic N) is 3. The molecular formula is C5H9N3. The second-order valence-electron chi connectivity index (χ2n) is 1.58. The van der Waals surface area contributed by atoms with Crippen LogP contribution in [0.15, 0.2) is 17.8 Å². The van der Waals surface area contributed by atoms with E-state index in [-0.39, 0.29) is 6.04 Å². The molecule has 0 fully saturated rings. The zero-order valence-electron chi connectivity index (χ0n) is 4.91. The van der Waals surface area contributed by atoms with E-state index >= 15 is 0 Å². The van der Waals surface area contributed by atoms with Crippen LogP contribution in [0.2, 0.25) is 0 Å². The number of hydrogen-bond donors (Lipinski definition) is 0. The molecular weight excluding hydrogens is 102 g/mol. The first-order chi connectivity index (χ1) is 3.81. The van der Waals surface area contributed by atoms with Crippen molar-refractivity contribution in [1.82, 2.24) is 0 Å². The Morgan fingerprint density at radius 3 is 3.00 bits per heavy atom. The molecule has 0 bridgehead atoms. The van der Waals surface area contributed by atoms with Crippen molar-refractivity contribution in [2.24, 2.45) is 5.11 Å². The lowest BCUT2D eigenvalue weighted by atomic mass is 10.2. The molecule has 0 N–H and O–H groups in total. The Labute approximate surface area is 48.6 Å². The van der Waals surface area contributed by atoms with E-state index in [1.807, 2.05) is 6.92 Å². The predicted molar refractivity (Wildman–Crippen MR) is 33.4 cm³/mol. The van der Waals surface area contributed by atoms with Gasteiger partial charge < -0.3 is 0 Å². The summed E-state index contributed by atoms with van der Waals surface area (Å²) in [6.07, 6.45) is 2.49. The molecule has 0 aliphatic carbocycles. The van der Waals surface area contributed by atoms with Crippen molar-refractivity contribution >= 4 is 0 Å². The molecule has 0 aromatic heterocycles. The molecule has 0 aliphatic rings. The lowest BCUT2D eigenvalue weighted by Gasteiger charge is -1.93. The molecule has 0 saturated carbocycles. The van der Waals surface area contributed by atoms with E-state index in [0.29, 0.717) is 0 Å². The molecule has 3 heteroatoms. The van der Waals surface area contributed by atoms with Crippen molar-refractivity contribution < 1.29 is 0 Å². The third kappa shape index (κ3) is 3.25. The van der Waals surface area contributed by atoms with Crippen molar-refractivity contribution in [3.05, 3.63) is 23.1 Å². The zero-order valence-corrected chi connectivity index (χ0v) is 4.91. The number of hydrogen-bond acceptors (Lipinski definition) is 1. The second kappa shape index (κ2) is 4.22. The maximum absolute atomic E-state index is 7.89. The Morgan fingerprint density at radius 1 is 2.00 bits per heavy atom. The van der Waals surface area contributed by atoms with Gasteiger partial charge in [0.2, 0.25) is 0 Å². The van der Waals surface area contributed by atoms with Crippen LogP contribution in [0.25, 0.3) is 10.4 Å². The summed E-state index contributed by atoms with van der Waals surface area (Å²) in [4.78, 5) is 2.63. The smallest absolute Gasteiger partial charge is 0.0380 e. The molecule has 0 spiro atoms. The van der Waals surface area contributed by atoms with Gasteiger partial charge in [0.1, 0.15) is 0 Å². The van der Waals surface area contributed by atoms with E-state index in [1.54, 1.807) is 6.08 Å². The van der Waals surface area contributed by atoms with Gasteiger partial charge in [0, 0.05) is 11.0 Å². The topological polar surface area (TPSA) is 48.8 Å². The van der Waals surface area contributed by atoms with E-state index in [1.165, 1.54) is 0 Å². The third-order valence-electron chi connectivity index (χ3n) is 0.757. The van der Waals surface area contributed by atoms with Crippen molar-refractivity contribution in [3.63, 3.8) is 0 Å². The summed E-state index contributed by atoms with van der Waals surface area (Å²) < 4.78 is 0. The van der Waals surface area contributed by atoms with Crippen LogP contribution in [0.4, 0.5) is 0 Å². The molecule has 0 radical (unpaired) electrons. The minimum absolute atomic E-state index is 0.0532. The standard InChI is InChI=1S/C5H9N3/c1-3-4-5(2)7-8-6/h3,5H,1,4H2,2H3/t5-/m0/s1. The predicted octanol–water partition coefficient (Wildman–Crippen LogP) is 2.26. The van der Waals surface area contributed by atoms with Gasteiger partial charge in [-0.3, -0.25) is 0 Å². The minimum Gasteiger partial charge on any atom is -0.103 e. The van der Waals surface area contributed by atoms with Crippen LogP contribution in [0.3, 0.4) is 0 Å². The van der Waals surface area contributed by atoms with Gasteiger partial charge in [0.25, 0.3) is 0 Å². The van der Waals surface area contributed by atoms with Gasteiger partial charge >= 0.3 is 0 Å². The highest BCUT2D eigenvalue weighted by Crippen LogP contribution is 1.95. The van der Waals surface area contributed by atoms with Gasteiger partial charge in [-0.05, 0) is 12.0 Å². The van der Waals surface area contributed by atoms with Crippen LogP contribution in [-0.4, -0.2) is 6.04 Å². The van der Waals surface area contributed by atoms with Crippen LogP contribution in [0, 0.1) is 0 Å². The Kier molecular flexibility index (Phi) is 3.71. The van der Waals surface area contributed by atoms with E-state index in [0.717, 1.165) is 6.42 Å². The first-order valence-electron chi connectivity index (χ1n) is 2.46. The summed E-state index contributed by atoms with van der Waals surface area (Å²) in [6.45, 7) is 5.35. The fourth-order valence-electron chi connectivity index (χ4n) is 0.376. The summed E-state index contributed by atoms with van der Waals surface area (Å²) in [6, 6.07) is 0.0532. The maximum atomic E-state index is 7.89. The Morgan fingerprint density at radius 2 is 2.62 bits per heavy atom. The van der Waals surface area contributed by atoms with E-state index in [2.05, 4.69) is 16.6 Å². The number of azide groups is 1. The Bertz CT molecular complexity index is 113. The van der Waals surface area contributed by atoms with E-state index < -0.39 is 0 Å². The van der Waals surface area contributed by atoms with E-state index in [4.69, 9.17) is 5.53 Å². The monoisotopic (exact) mass is 111 g/mol. The zero-order chi connectivity index (χ0) is 6.41. The van der Waals surface area contributed by atoms with Crippen LogP contribution in [0.5, 0.6) is 0 Å². The van der Waals surface area contributed by atoms with Crippen LogP contribution in [0.1, 0.15) is 13.3 Å². The van der Waals surface area contributed by atoms with Crippen LogP contribution in [-0.2, 0) is 0 Å². The Balaban J connectivity index is 3.46. The van der Waals surface area contributed by atoms with E-state index in [9.17, 15) is 0 Å². The average molecular weight is 111 g/mol. The van der Waals surface area contributed by atoms with Gasteiger partial charge in [-0.2, -0.15) is 0 Å². The molecule has 8 heavy (non-hydrogen) atoms. The lowest BCUT2D eigenvalue weighted by Crippen LogP contribution is -1.90. The molecule has 0 aliphatic heterocycles. The first-order valence-corrected chi connectivity index (χ1v) is 2.46. The minimum atomic E-state index is 0.0532. The maximum Gasteiger partial charge on any atom is 0.0380 e. The summed E-state index contributed by atoms with van der Waals surface area (Å²) in [5.74, 6) is 0. The summed E-state index contributed by atoms with van der Waals surface area (Å²) in [5.41, 5.74) is 7.89. The van der Waals surface area contributed by atoms with Gasteiger partial charge in [-0.15, -0.1) is 6.58 Å². The summed E-state index contributed by atoms with van der Waals surface area (Å²) in [7, 11) is 0. The molecule has 0 heterocycles. The second-order valence-corrected chi connectivity index (χ2v) is 1.58. The third-order valence-corrected chi connectivity index (χ3v) is 0.757. The molecule has 0 aromatic rings. The van der Waals surface area contributed by atoms with Crippen molar-refractivity contribution in [1.29, 1.82) is 0 Å². The molecule has 0 aromatic carbocycles. The molecule has 1 atom stereocenters. The number of rotatable bonds is 3. The van der Waals surface area contributed by atoms with Crippen LogP contribution >= 0.6 is 0 Å². The fourth-order valence-corrected chi connectivity index (χ4v) is 0.376. The molecule has 0 saturated heterocycles. The highest BCUT2D eigenvalue weighted by Gasteiger charge is 1.90. The molecule has 0 amide bonds. The highest BCUT2D eigenvalue weighted by molar-refractivity contribution is 4.74. The van der Waals surface area contributed by atoms with Crippen LogP contribution < -0.4 is 0 Å². The van der Waals surface area contributed by atoms with Crippen molar-refractivity contribution in [3.8, 4) is 0 Å². The SMILES string of the molecule is C=CC[C@H](C)N=[N+]=[N-]. The Hall–Kier alpha value is -0.950. The lowest BCUT2D eigenvalue weighted by molar-refractivity contribution is 0.751. The van der Waals surface area contributed by atoms with Gasteiger partial charge in [0.15, 0.2) is 0 Å². The molecule has 44 valence electrons. The van der Waals surface area contributed by atoms with Gasteiger partial charge in [0.05, 0.1) is 0 Å². The fraction of sp³-hybridized carbons (Fsp3) is 0.600. The van der Waals surface area contributed by atoms with Gasteiger partial charge in [-0.25, -0.2) is 0 Å². The summed E-state index contributed by atoms with van der Waals surface area (Å²) >= 11 is 0. The molecule has 0 rings (SSSR count).